The zero-order chi connectivity index (χ0) is 16.7. The molecular formula is C17H19NO4S. The molecule has 0 saturated heterocycles. The van der Waals surface area contributed by atoms with Crippen LogP contribution in [0.1, 0.15) is 5.56 Å². The molecule has 0 spiro atoms. The molecule has 2 rings (SSSR count). The van der Waals surface area contributed by atoms with Crippen LogP contribution in [0.4, 0.5) is 0 Å². The highest BCUT2D eigenvalue weighted by atomic mass is 32.2. The van der Waals surface area contributed by atoms with Crippen molar-refractivity contribution in [3.8, 4) is 5.75 Å². The van der Waals surface area contributed by atoms with Gasteiger partial charge in [-0.3, -0.25) is 9.59 Å². The van der Waals surface area contributed by atoms with Gasteiger partial charge >= 0.3 is 5.97 Å². The van der Waals surface area contributed by atoms with E-state index >= 15 is 0 Å². The Bertz CT molecular complexity index is 702. The first-order chi connectivity index (χ1) is 11.1. The molecule has 0 aliphatic carbocycles. The topological polar surface area (TPSA) is 75.6 Å². The number of methoxy groups -OCH3 is 1. The molecular weight excluding hydrogens is 314 g/mol. The minimum Gasteiger partial charge on any atom is -0.497 e. The number of ether oxygens (including phenoxy) is 1. The average molecular weight is 333 g/mol. The molecule has 2 aromatic rings. The van der Waals surface area contributed by atoms with Gasteiger partial charge in [0.25, 0.3) is 0 Å². The quantitative estimate of drug-likeness (QED) is 0.725. The molecule has 0 unspecified atom stereocenters. The zero-order valence-electron chi connectivity index (χ0n) is 12.9. The molecule has 6 heteroatoms. The summed E-state index contributed by atoms with van der Waals surface area (Å²) in [6.07, 6.45) is 0.286. The number of carboxylic acid groups (broad SMARTS) is 1. The predicted octanol–water partition coefficient (Wildman–Crippen LogP) is 2.32. The van der Waals surface area contributed by atoms with E-state index in [0.29, 0.717) is 12.3 Å². The Balaban J connectivity index is 1.95. The van der Waals surface area contributed by atoms with E-state index in [2.05, 4.69) is 5.32 Å². The van der Waals surface area contributed by atoms with E-state index in [-0.39, 0.29) is 18.1 Å². The number of amides is 1. The van der Waals surface area contributed by atoms with Crippen LogP contribution in [-0.4, -0.2) is 42.1 Å². The molecule has 0 aromatic heterocycles. The third kappa shape index (κ3) is 5.17. The Morgan fingerprint density at radius 1 is 1.26 bits per heavy atom. The number of aliphatic carboxylic acids is 1. The lowest BCUT2D eigenvalue weighted by Gasteiger charge is -2.09. The SMILES string of the molecule is COc1ccc2cccc(CC(=O)NCCSCC(=O)O)c2c1. The first-order valence-corrected chi connectivity index (χ1v) is 8.37. The number of nitrogens with one attached hydrogen (secondary N) is 1. The summed E-state index contributed by atoms with van der Waals surface area (Å²) >= 11 is 1.29. The van der Waals surface area contributed by atoms with E-state index in [1.54, 1.807) is 7.11 Å². The maximum atomic E-state index is 12.0. The van der Waals surface area contributed by atoms with Crippen molar-refractivity contribution in [3.63, 3.8) is 0 Å². The highest BCUT2D eigenvalue weighted by Crippen LogP contribution is 2.24. The third-order valence-corrected chi connectivity index (χ3v) is 4.27. The lowest BCUT2D eigenvalue weighted by molar-refractivity contribution is -0.133. The monoisotopic (exact) mass is 333 g/mol. The van der Waals surface area contributed by atoms with Crippen LogP contribution in [0.3, 0.4) is 0 Å². The van der Waals surface area contributed by atoms with Gasteiger partial charge in [0.15, 0.2) is 0 Å². The number of carbonyl (C=O) groups excluding carboxylic acids is 1. The number of rotatable bonds is 8. The van der Waals surface area contributed by atoms with Crippen LogP contribution in [0.5, 0.6) is 5.75 Å². The van der Waals surface area contributed by atoms with Gasteiger partial charge in [-0.1, -0.05) is 24.3 Å². The first kappa shape index (κ1) is 17.1. The minimum atomic E-state index is -0.842. The Labute approximate surface area is 139 Å². The summed E-state index contributed by atoms with van der Waals surface area (Å²) in [6.45, 7) is 0.463. The standard InChI is InChI=1S/C17H19NO4S/c1-22-14-6-5-12-3-2-4-13(15(12)10-14)9-16(19)18-7-8-23-11-17(20)21/h2-6,10H,7-9,11H2,1H3,(H,18,19)(H,20,21). The molecule has 0 bridgehead atoms. The van der Waals surface area contributed by atoms with Gasteiger partial charge < -0.3 is 15.2 Å². The van der Waals surface area contributed by atoms with Gasteiger partial charge in [0.05, 0.1) is 19.3 Å². The summed E-state index contributed by atoms with van der Waals surface area (Å²) in [5.41, 5.74) is 0.942. The largest absolute Gasteiger partial charge is 0.497 e. The van der Waals surface area contributed by atoms with E-state index in [4.69, 9.17) is 9.84 Å². The molecule has 122 valence electrons. The molecule has 0 fully saturated rings. The van der Waals surface area contributed by atoms with Crippen LogP contribution in [0.2, 0.25) is 0 Å². The molecule has 0 heterocycles. The van der Waals surface area contributed by atoms with Crippen molar-refractivity contribution in [3.05, 3.63) is 42.0 Å². The van der Waals surface area contributed by atoms with Crippen LogP contribution in [0.25, 0.3) is 10.8 Å². The maximum Gasteiger partial charge on any atom is 0.313 e. The number of thioether (sulfide) groups is 1. The molecule has 23 heavy (non-hydrogen) atoms. The molecule has 0 radical (unpaired) electrons. The van der Waals surface area contributed by atoms with Crippen molar-refractivity contribution in [2.45, 2.75) is 6.42 Å². The van der Waals surface area contributed by atoms with Crippen molar-refractivity contribution in [2.24, 2.45) is 0 Å². The van der Waals surface area contributed by atoms with E-state index in [1.807, 2.05) is 36.4 Å². The van der Waals surface area contributed by atoms with Gasteiger partial charge in [0.2, 0.25) is 5.91 Å². The van der Waals surface area contributed by atoms with E-state index < -0.39 is 5.97 Å². The normalized spacial score (nSPS) is 10.5. The van der Waals surface area contributed by atoms with Gasteiger partial charge in [-0.15, -0.1) is 11.8 Å². The lowest BCUT2D eigenvalue weighted by Crippen LogP contribution is -2.27. The molecule has 0 atom stereocenters. The van der Waals surface area contributed by atoms with Gasteiger partial charge in [0, 0.05) is 12.3 Å². The van der Waals surface area contributed by atoms with Crippen molar-refractivity contribution < 1.29 is 19.4 Å². The van der Waals surface area contributed by atoms with E-state index in [9.17, 15) is 9.59 Å². The van der Waals surface area contributed by atoms with Gasteiger partial charge in [0.1, 0.15) is 5.75 Å². The number of fused-ring (bicyclic) bond motifs is 1. The van der Waals surface area contributed by atoms with Crippen LogP contribution in [0, 0.1) is 0 Å². The zero-order valence-corrected chi connectivity index (χ0v) is 13.7. The van der Waals surface area contributed by atoms with Crippen molar-refractivity contribution in [1.82, 2.24) is 5.32 Å². The summed E-state index contributed by atoms with van der Waals surface area (Å²) in [4.78, 5) is 22.4. The van der Waals surface area contributed by atoms with Gasteiger partial charge in [-0.25, -0.2) is 0 Å². The summed E-state index contributed by atoms with van der Waals surface area (Å²) < 4.78 is 5.24. The van der Waals surface area contributed by atoms with Crippen LogP contribution >= 0.6 is 11.8 Å². The van der Waals surface area contributed by atoms with Crippen molar-refractivity contribution in [2.75, 3.05) is 25.2 Å². The number of benzene rings is 2. The second-order valence-electron chi connectivity index (χ2n) is 4.98. The third-order valence-electron chi connectivity index (χ3n) is 3.32. The molecule has 1 amide bonds. The minimum absolute atomic E-state index is 0.0546. The first-order valence-electron chi connectivity index (χ1n) is 7.22. The molecule has 0 aliphatic rings. The smallest absolute Gasteiger partial charge is 0.313 e. The number of carboxylic acids is 1. The Hall–Kier alpha value is -2.21. The fourth-order valence-electron chi connectivity index (χ4n) is 2.26. The fraction of sp³-hybridized carbons (Fsp3) is 0.294. The summed E-state index contributed by atoms with van der Waals surface area (Å²) in [5.74, 6) is 0.484. The second kappa shape index (κ2) is 8.43. The molecule has 0 saturated carbocycles. The molecule has 5 nitrogen and oxygen atoms in total. The summed E-state index contributed by atoms with van der Waals surface area (Å²) in [7, 11) is 1.62. The van der Waals surface area contributed by atoms with E-state index in [1.165, 1.54) is 11.8 Å². The molecule has 0 aliphatic heterocycles. The van der Waals surface area contributed by atoms with Crippen molar-refractivity contribution in [1.29, 1.82) is 0 Å². The van der Waals surface area contributed by atoms with E-state index in [0.717, 1.165) is 22.1 Å². The number of hydrogen-bond donors (Lipinski definition) is 2. The highest BCUT2D eigenvalue weighted by molar-refractivity contribution is 7.99. The lowest BCUT2D eigenvalue weighted by atomic mass is 10.0. The van der Waals surface area contributed by atoms with Crippen LogP contribution < -0.4 is 10.1 Å². The van der Waals surface area contributed by atoms with Gasteiger partial charge in [-0.05, 0) is 28.5 Å². The van der Waals surface area contributed by atoms with Gasteiger partial charge in [-0.2, -0.15) is 0 Å². The Morgan fingerprint density at radius 2 is 2.09 bits per heavy atom. The van der Waals surface area contributed by atoms with Crippen molar-refractivity contribution >= 4 is 34.4 Å². The summed E-state index contributed by atoms with van der Waals surface area (Å²) in [5, 5.41) is 13.4. The Kier molecular flexibility index (Phi) is 6.29. The van der Waals surface area contributed by atoms with Crippen LogP contribution in [0.15, 0.2) is 36.4 Å². The Morgan fingerprint density at radius 3 is 2.83 bits per heavy atom. The predicted molar refractivity (Wildman–Crippen MR) is 92.2 cm³/mol. The fourth-order valence-corrected chi connectivity index (χ4v) is 2.82. The number of carbonyl (C=O) groups is 2. The molecule has 2 aromatic carbocycles. The second-order valence-corrected chi connectivity index (χ2v) is 6.08. The van der Waals surface area contributed by atoms with Crippen LogP contribution in [-0.2, 0) is 16.0 Å². The average Bonchev–Trinajstić information content (AvgIpc) is 2.54. The maximum absolute atomic E-state index is 12.0. The molecule has 2 N–H and O–H groups in total. The number of hydrogen-bond acceptors (Lipinski definition) is 4. The summed E-state index contributed by atoms with van der Waals surface area (Å²) in [6, 6.07) is 11.7. The highest BCUT2D eigenvalue weighted by Gasteiger charge is 2.08.